The molecular weight excluding hydrogens is 403 g/mol. The summed E-state index contributed by atoms with van der Waals surface area (Å²) in [5, 5.41) is 19.2. The Morgan fingerprint density at radius 2 is 1.73 bits per heavy atom. The van der Waals surface area contributed by atoms with Crippen LogP contribution in [-0.4, -0.2) is 45.7 Å². The molecule has 10 heteroatoms. The summed E-state index contributed by atoms with van der Waals surface area (Å²) in [4.78, 5) is 21.8. The van der Waals surface area contributed by atoms with Gasteiger partial charge in [-0.25, -0.2) is 4.79 Å². The van der Waals surface area contributed by atoms with Gasteiger partial charge < -0.3 is 14.6 Å². The molecule has 0 aliphatic rings. The lowest BCUT2D eigenvalue weighted by Gasteiger charge is -2.13. The molecule has 30 heavy (non-hydrogen) atoms. The number of hydrogen-bond acceptors (Lipinski definition) is 4. The van der Waals surface area contributed by atoms with Gasteiger partial charge in [0, 0.05) is 47.9 Å². The monoisotopic (exact) mass is 423 g/mol. The van der Waals surface area contributed by atoms with Crippen LogP contribution in [0.2, 0.25) is 0 Å². The number of nitro groups is 1. The fourth-order valence-electron chi connectivity index (χ4n) is 3.01. The highest BCUT2D eigenvalue weighted by Gasteiger charge is 2.38. The van der Waals surface area contributed by atoms with Crippen molar-refractivity contribution in [1.29, 1.82) is 0 Å². The van der Waals surface area contributed by atoms with E-state index in [0.717, 1.165) is 34.3 Å². The average molecular weight is 423 g/mol. The van der Waals surface area contributed by atoms with Crippen LogP contribution in [0.25, 0.3) is 22.0 Å². The van der Waals surface area contributed by atoms with E-state index in [1.165, 1.54) is 0 Å². The Kier molecular flexibility index (Phi) is 6.83. The molecule has 0 atom stereocenters. The predicted molar refractivity (Wildman–Crippen MR) is 106 cm³/mol. The fraction of sp³-hybridized carbons (Fsp3) is 0.250. The lowest BCUT2D eigenvalue weighted by atomic mass is 10.0. The summed E-state index contributed by atoms with van der Waals surface area (Å²) in [6, 6.07) is 15.1. The maximum atomic E-state index is 11.2. The molecule has 0 spiro atoms. The zero-order valence-corrected chi connectivity index (χ0v) is 16.5. The van der Waals surface area contributed by atoms with Crippen molar-refractivity contribution in [3.63, 3.8) is 0 Å². The third-order valence-electron chi connectivity index (χ3n) is 4.29. The maximum Gasteiger partial charge on any atom is 0.490 e. The van der Waals surface area contributed by atoms with Crippen LogP contribution < -0.4 is 0 Å². The fourth-order valence-corrected chi connectivity index (χ4v) is 3.01. The molecule has 0 aliphatic heterocycles. The number of carboxylic acid groups (broad SMARTS) is 1. The van der Waals surface area contributed by atoms with Gasteiger partial charge in [0.05, 0.1) is 4.92 Å². The lowest BCUT2D eigenvalue weighted by molar-refractivity contribution is -0.384. The number of alkyl halides is 3. The molecule has 0 aliphatic carbocycles. The second kappa shape index (κ2) is 8.95. The number of benzene rings is 2. The van der Waals surface area contributed by atoms with Crippen LogP contribution in [0.4, 0.5) is 18.9 Å². The first-order valence-electron chi connectivity index (χ1n) is 8.69. The smallest absolute Gasteiger partial charge is 0.475 e. The van der Waals surface area contributed by atoms with Crippen LogP contribution in [-0.2, 0) is 18.4 Å². The van der Waals surface area contributed by atoms with Gasteiger partial charge >= 0.3 is 12.1 Å². The van der Waals surface area contributed by atoms with E-state index in [1.807, 2.05) is 57.5 Å². The predicted octanol–water partition coefficient (Wildman–Crippen LogP) is 4.45. The number of fused-ring (bicyclic) bond motifs is 1. The Hall–Kier alpha value is -3.40. The van der Waals surface area contributed by atoms with Crippen LogP contribution >= 0.6 is 0 Å². The van der Waals surface area contributed by atoms with Gasteiger partial charge in [-0.05, 0) is 25.7 Å². The van der Waals surface area contributed by atoms with Gasteiger partial charge in [-0.15, -0.1) is 0 Å². The first kappa shape index (κ1) is 22.9. The molecule has 0 unspecified atom stereocenters. The number of nitrogens with zero attached hydrogens (tertiary/aromatic N) is 3. The number of aromatic nitrogens is 1. The Balaban J connectivity index is 0.000000396. The van der Waals surface area contributed by atoms with Crippen LogP contribution in [0.1, 0.15) is 5.69 Å². The quantitative estimate of drug-likeness (QED) is 0.495. The van der Waals surface area contributed by atoms with Crippen molar-refractivity contribution in [2.24, 2.45) is 7.05 Å². The summed E-state index contributed by atoms with van der Waals surface area (Å²) in [5.41, 5.74) is 4.43. The number of rotatable bonds is 4. The molecule has 160 valence electrons. The number of carbonyl (C=O) groups is 1. The number of aryl methyl sites for hydroxylation is 1. The summed E-state index contributed by atoms with van der Waals surface area (Å²) >= 11 is 0. The molecule has 1 heterocycles. The lowest BCUT2D eigenvalue weighted by Crippen LogP contribution is -2.21. The average Bonchev–Trinajstić information content (AvgIpc) is 2.93. The van der Waals surface area contributed by atoms with Crippen LogP contribution in [0.3, 0.4) is 0 Å². The van der Waals surface area contributed by atoms with Gasteiger partial charge in [-0.1, -0.05) is 30.3 Å². The van der Waals surface area contributed by atoms with E-state index >= 15 is 0 Å². The number of halogens is 3. The van der Waals surface area contributed by atoms with E-state index in [0.29, 0.717) is 0 Å². The van der Waals surface area contributed by atoms with Crippen molar-refractivity contribution in [2.45, 2.75) is 12.7 Å². The highest BCUT2D eigenvalue weighted by atomic mass is 19.4. The molecule has 0 bridgehead atoms. The highest BCUT2D eigenvalue weighted by Crippen LogP contribution is 2.36. The Labute approximate surface area is 170 Å². The van der Waals surface area contributed by atoms with Crippen LogP contribution in [0.5, 0.6) is 0 Å². The molecule has 3 rings (SSSR count). The molecule has 2 aromatic carbocycles. The molecular formula is C20H20F3N3O4. The van der Waals surface area contributed by atoms with Gasteiger partial charge in [-0.3, -0.25) is 10.1 Å². The third-order valence-corrected chi connectivity index (χ3v) is 4.29. The van der Waals surface area contributed by atoms with Gasteiger partial charge in [0.1, 0.15) is 0 Å². The van der Waals surface area contributed by atoms with E-state index in [9.17, 15) is 23.3 Å². The van der Waals surface area contributed by atoms with Gasteiger partial charge in [-0.2, -0.15) is 13.2 Å². The van der Waals surface area contributed by atoms with Crippen molar-refractivity contribution < 1.29 is 28.0 Å². The normalized spacial score (nSPS) is 11.3. The minimum absolute atomic E-state index is 0.122. The summed E-state index contributed by atoms with van der Waals surface area (Å²) in [7, 11) is 6.06. The van der Waals surface area contributed by atoms with E-state index in [-0.39, 0.29) is 10.6 Å². The standard InChI is InChI=1S/C18H19N3O2.C2HF3O2/c1-19(2)12-17-18(13-7-5-4-6-8-13)15-11-14(21(22)23)9-10-16(15)20(17)3;3-2(4,5)1(6)7/h4-11H,12H2,1-3H3;(H,6,7). The molecule has 7 nitrogen and oxygen atoms in total. The van der Waals surface area contributed by atoms with E-state index in [2.05, 4.69) is 9.47 Å². The molecule has 1 N–H and O–H groups in total. The molecule has 0 saturated carbocycles. The summed E-state index contributed by atoms with van der Waals surface area (Å²) in [6.07, 6.45) is -5.08. The van der Waals surface area contributed by atoms with Gasteiger partial charge in [0.15, 0.2) is 0 Å². The molecule has 1 aromatic heterocycles. The zero-order valence-electron chi connectivity index (χ0n) is 16.5. The minimum atomic E-state index is -5.08. The van der Waals surface area contributed by atoms with Crippen molar-refractivity contribution >= 4 is 22.6 Å². The Morgan fingerprint density at radius 1 is 1.17 bits per heavy atom. The van der Waals surface area contributed by atoms with E-state index < -0.39 is 12.1 Å². The molecule has 0 amide bonds. The van der Waals surface area contributed by atoms with Crippen molar-refractivity contribution in [2.75, 3.05) is 14.1 Å². The Bertz CT molecular complexity index is 1060. The number of non-ortho nitro benzene ring substituents is 1. The SMILES string of the molecule is CN(C)Cc1c(-c2ccccc2)c2cc([N+](=O)[O-])ccc2n1C.O=C(O)C(F)(F)F. The second-order valence-electron chi connectivity index (χ2n) is 6.75. The molecule has 0 saturated heterocycles. The highest BCUT2D eigenvalue weighted by molar-refractivity contribution is 5.99. The van der Waals surface area contributed by atoms with Gasteiger partial charge in [0.25, 0.3) is 5.69 Å². The topological polar surface area (TPSA) is 88.6 Å². The minimum Gasteiger partial charge on any atom is -0.475 e. The van der Waals surface area contributed by atoms with Crippen molar-refractivity contribution in [3.8, 4) is 11.1 Å². The summed E-state index contributed by atoms with van der Waals surface area (Å²) in [6.45, 7) is 0.767. The maximum absolute atomic E-state index is 11.2. The Morgan fingerprint density at radius 3 is 2.20 bits per heavy atom. The number of hydrogen-bond donors (Lipinski definition) is 1. The number of nitro benzene ring substituents is 1. The summed E-state index contributed by atoms with van der Waals surface area (Å²) < 4.78 is 33.9. The third kappa shape index (κ3) is 5.15. The first-order chi connectivity index (χ1) is 13.9. The largest absolute Gasteiger partial charge is 0.490 e. The van der Waals surface area contributed by atoms with E-state index in [4.69, 9.17) is 9.90 Å². The molecule has 0 fully saturated rings. The molecule has 0 radical (unpaired) electrons. The zero-order chi connectivity index (χ0) is 22.6. The number of aliphatic carboxylic acids is 1. The van der Waals surface area contributed by atoms with E-state index in [1.54, 1.807) is 12.1 Å². The second-order valence-corrected chi connectivity index (χ2v) is 6.75. The van der Waals surface area contributed by atoms with Crippen LogP contribution in [0, 0.1) is 10.1 Å². The summed E-state index contributed by atoms with van der Waals surface area (Å²) in [5.74, 6) is -2.76. The molecule has 3 aromatic rings. The van der Waals surface area contributed by atoms with Crippen LogP contribution in [0.15, 0.2) is 48.5 Å². The first-order valence-corrected chi connectivity index (χ1v) is 8.69. The van der Waals surface area contributed by atoms with Crippen molar-refractivity contribution in [3.05, 3.63) is 64.3 Å². The van der Waals surface area contributed by atoms with Gasteiger partial charge in [0.2, 0.25) is 0 Å². The van der Waals surface area contributed by atoms with Crippen molar-refractivity contribution in [1.82, 2.24) is 9.47 Å². The number of carboxylic acids is 1.